The molecule has 1 fully saturated rings. The molecule has 29 heavy (non-hydrogen) atoms. The maximum Gasteiger partial charge on any atom is 0.241 e. The molecule has 1 amide bonds. The van der Waals surface area contributed by atoms with Gasteiger partial charge in [0.15, 0.2) is 0 Å². The summed E-state index contributed by atoms with van der Waals surface area (Å²) < 4.78 is 14.1. The number of hydrogen-bond acceptors (Lipinski definition) is 3. The molecular weight excluding hydrogens is 365 g/mol. The summed E-state index contributed by atoms with van der Waals surface area (Å²) in [7, 11) is 0. The van der Waals surface area contributed by atoms with Gasteiger partial charge in [0.1, 0.15) is 5.82 Å². The van der Waals surface area contributed by atoms with Crippen molar-refractivity contribution >= 4 is 17.3 Å². The predicted molar refractivity (Wildman–Crippen MR) is 116 cm³/mol. The smallest absolute Gasteiger partial charge is 0.241 e. The Morgan fingerprint density at radius 1 is 1.00 bits per heavy atom. The zero-order chi connectivity index (χ0) is 20.6. The number of piperazine rings is 1. The van der Waals surface area contributed by atoms with Gasteiger partial charge in [-0.1, -0.05) is 37.3 Å². The summed E-state index contributed by atoms with van der Waals surface area (Å²) in [5.74, 6) is 0.404. The monoisotopic (exact) mass is 395 g/mol. The number of para-hydroxylation sites is 2. The number of carbonyl (C=O) groups excluding carboxylic acids is 1. The molecule has 154 valence electrons. The van der Waals surface area contributed by atoms with E-state index in [1.54, 1.807) is 6.07 Å². The van der Waals surface area contributed by atoms with Gasteiger partial charge >= 0.3 is 0 Å². The maximum atomic E-state index is 14.1. The van der Waals surface area contributed by atoms with Crippen LogP contribution in [0.1, 0.15) is 38.7 Å². The van der Waals surface area contributed by atoms with Crippen LogP contribution in [0.15, 0.2) is 48.5 Å². The minimum atomic E-state index is -0.208. The lowest BCUT2D eigenvalue weighted by molar-refractivity contribution is -0.121. The molecule has 2 aliphatic heterocycles. The zero-order valence-electron chi connectivity index (χ0n) is 17.6. The van der Waals surface area contributed by atoms with Gasteiger partial charge in [0.2, 0.25) is 5.91 Å². The molecule has 2 aromatic carbocycles. The first-order chi connectivity index (χ1) is 13.9. The van der Waals surface area contributed by atoms with Crippen LogP contribution in [0.25, 0.3) is 0 Å². The highest BCUT2D eigenvalue weighted by Gasteiger charge is 2.40. The molecule has 2 aliphatic rings. The summed E-state index contributed by atoms with van der Waals surface area (Å²) in [4.78, 5) is 19.6. The van der Waals surface area contributed by atoms with Gasteiger partial charge in [-0.25, -0.2) is 4.39 Å². The van der Waals surface area contributed by atoms with Crippen molar-refractivity contribution in [2.45, 2.75) is 38.6 Å². The van der Waals surface area contributed by atoms with Crippen LogP contribution in [0, 0.1) is 5.82 Å². The fraction of sp³-hybridized carbons (Fsp3) is 0.458. The molecule has 0 radical (unpaired) electrons. The Morgan fingerprint density at radius 2 is 1.62 bits per heavy atom. The van der Waals surface area contributed by atoms with Crippen LogP contribution < -0.4 is 9.80 Å². The minimum Gasteiger partial charge on any atom is -0.367 e. The highest BCUT2D eigenvalue weighted by Crippen LogP contribution is 2.43. The molecule has 2 heterocycles. The van der Waals surface area contributed by atoms with E-state index in [4.69, 9.17) is 0 Å². The number of nitrogens with zero attached hydrogens (tertiary/aromatic N) is 3. The Morgan fingerprint density at radius 3 is 2.31 bits per heavy atom. The van der Waals surface area contributed by atoms with Crippen molar-refractivity contribution in [3.63, 3.8) is 0 Å². The minimum absolute atomic E-state index is 0.147. The zero-order valence-corrected chi connectivity index (χ0v) is 17.6. The van der Waals surface area contributed by atoms with Gasteiger partial charge in [-0.2, -0.15) is 0 Å². The van der Waals surface area contributed by atoms with Crippen LogP contribution in [-0.2, 0) is 4.79 Å². The van der Waals surface area contributed by atoms with Crippen LogP contribution in [0.4, 0.5) is 15.8 Å². The third-order valence-corrected chi connectivity index (χ3v) is 6.29. The van der Waals surface area contributed by atoms with Gasteiger partial charge in [0.25, 0.3) is 0 Å². The molecule has 0 spiro atoms. The first kappa shape index (κ1) is 19.9. The van der Waals surface area contributed by atoms with E-state index >= 15 is 0 Å². The third kappa shape index (κ3) is 3.88. The first-order valence-corrected chi connectivity index (χ1v) is 10.5. The van der Waals surface area contributed by atoms with Crippen LogP contribution in [0.3, 0.4) is 0 Å². The fourth-order valence-corrected chi connectivity index (χ4v) is 4.97. The van der Waals surface area contributed by atoms with E-state index in [1.807, 2.05) is 23.1 Å². The molecule has 0 saturated carbocycles. The van der Waals surface area contributed by atoms with Gasteiger partial charge in [-0.05, 0) is 49.9 Å². The quantitative estimate of drug-likeness (QED) is 0.777. The van der Waals surface area contributed by atoms with Gasteiger partial charge in [0, 0.05) is 37.4 Å². The van der Waals surface area contributed by atoms with E-state index in [0.29, 0.717) is 18.2 Å². The number of benzene rings is 2. The topological polar surface area (TPSA) is 26.8 Å². The fourth-order valence-electron chi connectivity index (χ4n) is 4.97. The van der Waals surface area contributed by atoms with E-state index in [-0.39, 0.29) is 17.3 Å². The molecule has 5 heteroatoms. The Hall–Kier alpha value is -2.40. The van der Waals surface area contributed by atoms with E-state index in [1.165, 1.54) is 11.6 Å². The highest BCUT2D eigenvalue weighted by atomic mass is 19.1. The number of rotatable bonds is 3. The Balaban J connectivity index is 1.45. The second-order valence-electron chi connectivity index (χ2n) is 8.92. The van der Waals surface area contributed by atoms with Crippen molar-refractivity contribution in [1.82, 2.24) is 4.90 Å². The molecule has 0 aromatic heterocycles. The van der Waals surface area contributed by atoms with Crippen molar-refractivity contribution in [2.75, 3.05) is 42.5 Å². The van der Waals surface area contributed by atoms with Gasteiger partial charge in [0.05, 0.1) is 12.2 Å². The number of amides is 1. The molecule has 1 atom stereocenters. The molecule has 0 unspecified atom stereocenters. The van der Waals surface area contributed by atoms with Crippen LogP contribution in [0.5, 0.6) is 0 Å². The standard InChI is InChI=1S/C24H30FN3O/c1-18-16-24(2,3)28(21-10-6-4-8-19(18)21)23(29)17-26-12-14-27(15-13-26)22-11-7-5-9-20(22)25/h4-11,18H,12-17H2,1-3H3/t18-/m1/s1. The first-order valence-electron chi connectivity index (χ1n) is 10.5. The van der Waals surface area contributed by atoms with Crippen LogP contribution in [0.2, 0.25) is 0 Å². The molecule has 2 aromatic rings. The SMILES string of the molecule is C[C@@H]1CC(C)(C)N(C(=O)CN2CCN(c3ccccc3F)CC2)c2ccccc21. The number of fused-ring (bicyclic) bond motifs is 1. The van der Waals surface area contributed by atoms with Crippen molar-refractivity contribution in [2.24, 2.45) is 0 Å². The Kier molecular flexibility index (Phi) is 5.34. The molecule has 1 saturated heterocycles. The Labute approximate surface area is 172 Å². The molecule has 0 N–H and O–H groups in total. The number of halogens is 1. The van der Waals surface area contributed by atoms with Crippen molar-refractivity contribution in [3.8, 4) is 0 Å². The van der Waals surface area contributed by atoms with Crippen molar-refractivity contribution < 1.29 is 9.18 Å². The van der Waals surface area contributed by atoms with E-state index in [9.17, 15) is 9.18 Å². The summed E-state index contributed by atoms with van der Waals surface area (Å²) in [6.45, 7) is 9.93. The number of carbonyl (C=O) groups is 1. The number of anilines is 2. The van der Waals surface area contributed by atoms with Crippen LogP contribution in [-0.4, -0.2) is 49.1 Å². The summed E-state index contributed by atoms with van der Waals surface area (Å²) in [6.07, 6.45) is 0.955. The maximum absolute atomic E-state index is 14.1. The van der Waals surface area contributed by atoms with E-state index < -0.39 is 0 Å². The van der Waals surface area contributed by atoms with Crippen LogP contribution >= 0.6 is 0 Å². The lowest BCUT2D eigenvalue weighted by Crippen LogP contribution is -2.56. The predicted octanol–water partition coefficient (Wildman–Crippen LogP) is 4.27. The average molecular weight is 396 g/mol. The summed E-state index contributed by atoms with van der Waals surface area (Å²) in [5, 5.41) is 0. The normalized spacial score (nSPS) is 21.7. The molecule has 0 aliphatic carbocycles. The van der Waals surface area contributed by atoms with E-state index in [0.717, 1.165) is 38.3 Å². The molecule has 0 bridgehead atoms. The van der Waals surface area contributed by atoms with Crippen molar-refractivity contribution in [3.05, 3.63) is 59.9 Å². The average Bonchev–Trinajstić information content (AvgIpc) is 2.68. The highest BCUT2D eigenvalue weighted by molar-refractivity contribution is 5.97. The largest absolute Gasteiger partial charge is 0.367 e. The summed E-state index contributed by atoms with van der Waals surface area (Å²) in [6, 6.07) is 15.2. The number of hydrogen-bond donors (Lipinski definition) is 0. The second kappa shape index (κ2) is 7.79. The van der Waals surface area contributed by atoms with E-state index in [2.05, 4.69) is 48.8 Å². The lowest BCUT2D eigenvalue weighted by Gasteiger charge is -2.47. The van der Waals surface area contributed by atoms with Gasteiger partial charge in [-0.15, -0.1) is 0 Å². The lowest BCUT2D eigenvalue weighted by atomic mass is 9.80. The Bertz CT molecular complexity index is 889. The third-order valence-electron chi connectivity index (χ3n) is 6.29. The summed E-state index contributed by atoms with van der Waals surface area (Å²) in [5.41, 5.74) is 2.74. The molecule has 4 nitrogen and oxygen atoms in total. The van der Waals surface area contributed by atoms with Crippen molar-refractivity contribution in [1.29, 1.82) is 0 Å². The molecular formula is C24H30FN3O. The van der Waals surface area contributed by atoms with Gasteiger partial charge in [-0.3, -0.25) is 9.69 Å². The summed E-state index contributed by atoms with van der Waals surface area (Å²) >= 11 is 0. The second-order valence-corrected chi connectivity index (χ2v) is 8.92. The molecule has 4 rings (SSSR count). The van der Waals surface area contributed by atoms with Gasteiger partial charge < -0.3 is 9.80 Å².